The smallest absolute Gasteiger partial charge is 0.244 e. The molecule has 22 heavy (non-hydrogen) atoms. The largest absolute Gasteiger partial charge is 0.467 e. The Morgan fingerprint density at radius 2 is 2.14 bits per heavy atom. The Morgan fingerprint density at radius 1 is 1.23 bits per heavy atom. The van der Waals surface area contributed by atoms with Crippen LogP contribution < -0.4 is 10.6 Å². The van der Waals surface area contributed by atoms with Crippen LogP contribution in [-0.2, 0) is 11.3 Å². The molecule has 1 aliphatic rings. The predicted octanol–water partition coefficient (Wildman–Crippen LogP) is 0.821. The van der Waals surface area contributed by atoms with Crippen LogP contribution in [0.1, 0.15) is 5.76 Å². The van der Waals surface area contributed by atoms with Crippen molar-refractivity contribution in [1.29, 1.82) is 0 Å². The first kappa shape index (κ1) is 14.7. The van der Waals surface area contributed by atoms with Crippen molar-refractivity contribution in [3.8, 4) is 0 Å². The maximum atomic E-state index is 5.32. The number of anilines is 2. The van der Waals surface area contributed by atoms with Crippen molar-refractivity contribution in [2.45, 2.75) is 6.54 Å². The van der Waals surface area contributed by atoms with Gasteiger partial charge in [-0.1, -0.05) is 0 Å². The van der Waals surface area contributed by atoms with Gasteiger partial charge in [0.1, 0.15) is 5.76 Å². The third-order valence-corrected chi connectivity index (χ3v) is 3.40. The van der Waals surface area contributed by atoms with Gasteiger partial charge in [0.05, 0.1) is 32.2 Å². The van der Waals surface area contributed by atoms with Gasteiger partial charge < -0.3 is 19.8 Å². The molecule has 3 rings (SSSR count). The number of hydrogen-bond donors (Lipinski definition) is 2. The first-order valence-electron chi connectivity index (χ1n) is 7.40. The highest BCUT2D eigenvalue weighted by molar-refractivity contribution is 5.37. The van der Waals surface area contributed by atoms with Gasteiger partial charge in [0.2, 0.25) is 5.95 Å². The zero-order valence-electron chi connectivity index (χ0n) is 12.4. The lowest BCUT2D eigenvalue weighted by Crippen LogP contribution is -2.39. The molecule has 1 saturated heterocycles. The standard InChI is InChI=1S/C14H20N6O2/c1-2-12(22-7-1)10-16-13-11-17-19-14(18-13)15-3-4-20-5-8-21-9-6-20/h1-2,7,11H,3-6,8-10H2,(H2,15,16,18,19). The Kier molecular flexibility index (Phi) is 5.17. The van der Waals surface area contributed by atoms with E-state index in [9.17, 15) is 0 Å². The highest BCUT2D eigenvalue weighted by atomic mass is 16.5. The Balaban J connectivity index is 1.44. The van der Waals surface area contributed by atoms with Crippen molar-refractivity contribution < 1.29 is 9.15 Å². The molecular formula is C14H20N6O2. The number of ether oxygens (including phenoxy) is 1. The predicted molar refractivity (Wildman–Crippen MR) is 81.6 cm³/mol. The molecule has 8 heteroatoms. The molecule has 0 saturated carbocycles. The van der Waals surface area contributed by atoms with Crippen molar-refractivity contribution in [3.63, 3.8) is 0 Å². The molecule has 2 aromatic heterocycles. The third kappa shape index (κ3) is 4.40. The van der Waals surface area contributed by atoms with Gasteiger partial charge in [-0.3, -0.25) is 4.90 Å². The lowest BCUT2D eigenvalue weighted by atomic mass is 10.4. The molecule has 3 heterocycles. The Bertz CT molecular complexity index is 556. The minimum atomic E-state index is 0.526. The molecule has 0 radical (unpaired) electrons. The summed E-state index contributed by atoms with van der Waals surface area (Å²) in [7, 11) is 0. The van der Waals surface area contributed by atoms with E-state index in [-0.39, 0.29) is 0 Å². The number of nitrogens with zero attached hydrogens (tertiary/aromatic N) is 4. The Morgan fingerprint density at radius 3 is 2.95 bits per heavy atom. The highest BCUT2D eigenvalue weighted by Gasteiger charge is 2.09. The van der Waals surface area contributed by atoms with Crippen LogP contribution in [0.5, 0.6) is 0 Å². The summed E-state index contributed by atoms with van der Waals surface area (Å²) >= 11 is 0. The molecule has 0 spiro atoms. The van der Waals surface area contributed by atoms with Crippen molar-refractivity contribution in [2.24, 2.45) is 0 Å². The monoisotopic (exact) mass is 304 g/mol. The molecule has 0 amide bonds. The van der Waals surface area contributed by atoms with Gasteiger partial charge in [-0.2, -0.15) is 10.1 Å². The van der Waals surface area contributed by atoms with Crippen LogP contribution in [0.25, 0.3) is 0 Å². The van der Waals surface area contributed by atoms with E-state index in [1.807, 2.05) is 12.1 Å². The van der Waals surface area contributed by atoms with Crippen LogP contribution in [0.4, 0.5) is 11.8 Å². The Labute approximate surface area is 128 Å². The highest BCUT2D eigenvalue weighted by Crippen LogP contribution is 2.07. The normalized spacial score (nSPS) is 15.6. The number of morpholine rings is 1. The Hall–Kier alpha value is -2.19. The summed E-state index contributed by atoms with van der Waals surface area (Å²) < 4.78 is 10.6. The van der Waals surface area contributed by atoms with E-state index in [0.29, 0.717) is 18.3 Å². The molecule has 0 bridgehead atoms. The van der Waals surface area contributed by atoms with Gasteiger partial charge in [0, 0.05) is 26.2 Å². The fourth-order valence-corrected chi connectivity index (χ4v) is 2.21. The first-order valence-corrected chi connectivity index (χ1v) is 7.40. The van der Waals surface area contributed by atoms with E-state index in [2.05, 4.69) is 30.7 Å². The molecule has 118 valence electrons. The van der Waals surface area contributed by atoms with E-state index in [0.717, 1.165) is 45.2 Å². The van der Waals surface area contributed by atoms with Crippen molar-refractivity contribution in [2.75, 3.05) is 50.0 Å². The minimum absolute atomic E-state index is 0.526. The van der Waals surface area contributed by atoms with Gasteiger partial charge in [-0.05, 0) is 12.1 Å². The average Bonchev–Trinajstić information content (AvgIpc) is 3.08. The van der Waals surface area contributed by atoms with E-state index >= 15 is 0 Å². The summed E-state index contributed by atoms with van der Waals surface area (Å²) in [5.74, 6) is 2.04. The lowest BCUT2D eigenvalue weighted by molar-refractivity contribution is 0.0398. The van der Waals surface area contributed by atoms with Crippen LogP contribution in [0.3, 0.4) is 0 Å². The van der Waals surface area contributed by atoms with Crippen LogP contribution >= 0.6 is 0 Å². The van der Waals surface area contributed by atoms with Crippen molar-refractivity contribution >= 4 is 11.8 Å². The first-order chi connectivity index (χ1) is 10.9. The zero-order chi connectivity index (χ0) is 15.0. The molecule has 0 atom stereocenters. The minimum Gasteiger partial charge on any atom is -0.467 e. The summed E-state index contributed by atoms with van der Waals surface area (Å²) in [6, 6.07) is 3.76. The van der Waals surface area contributed by atoms with Crippen molar-refractivity contribution in [3.05, 3.63) is 30.4 Å². The molecular weight excluding hydrogens is 284 g/mol. The molecule has 2 N–H and O–H groups in total. The molecule has 1 fully saturated rings. The van der Waals surface area contributed by atoms with E-state index in [1.54, 1.807) is 12.5 Å². The molecule has 0 aromatic carbocycles. The van der Waals surface area contributed by atoms with Crippen molar-refractivity contribution in [1.82, 2.24) is 20.1 Å². The molecule has 2 aromatic rings. The fraction of sp³-hybridized carbons (Fsp3) is 0.500. The summed E-state index contributed by atoms with van der Waals surface area (Å²) in [5.41, 5.74) is 0. The second kappa shape index (κ2) is 7.71. The second-order valence-electron chi connectivity index (χ2n) is 4.98. The summed E-state index contributed by atoms with van der Waals surface area (Å²) in [6.07, 6.45) is 3.24. The quantitative estimate of drug-likeness (QED) is 0.777. The van der Waals surface area contributed by atoms with Gasteiger partial charge in [0.25, 0.3) is 0 Å². The fourth-order valence-electron chi connectivity index (χ4n) is 2.21. The molecule has 8 nitrogen and oxygen atoms in total. The maximum Gasteiger partial charge on any atom is 0.244 e. The van der Waals surface area contributed by atoms with Crippen LogP contribution in [-0.4, -0.2) is 59.5 Å². The topological polar surface area (TPSA) is 88.3 Å². The summed E-state index contributed by atoms with van der Waals surface area (Å²) in [5, 5.41) is 14.3. The van der Waals surface area contributed by atoms with Gasteiger partial charge in [0.15, 0.2) is 5.82 Å². The maximum absolute atomic E-state index is 5.32. The van der Waals surface area contributed by atoms with Crippen LogP contribution in [0.15, 0.2) is 29.0 Å². The van der Waals surface area contributed by atoms with E-state index in [4.69, 9.17) is 9.15 Å². The van der Waals surface area contributed by atoms with E-state index < -0.39 is 0 Å². The number of hydrogen-bond acceptors (Lipinski definition) is 8. The number of rotatable bonds is 7. The number of nitrogens with one attached hydrogen (secondary N) is 2. The van der Waals surface area contributed by atoms with Gasteiger partial charge in [-0.25, -0.2) is 0 Å². The second-order valence-corrected chi connectivity index (χ2v) is 4.98. The lowest BCUT2D eigenvalue weighted by Gasteiger charge is -2.26. The third-order valence-electron chi connectivity index (χ3n) is 3.40. The van der Waals surface area contributed by atoms with Crippen LogP contribution in [0, 0.1) is 0 Å². The number of furan rings is 1. The summed E-state index contributed by atoms with van der Waals surface area (Å²) in [6.45, 7) is 5.87. The molecule has 0 unspecified atom stereocenters. The van der Waals surface area contributed by atoms with E-state index in [1.165, 1.54) is 0 Å². The van der Waals surface area contributed by atoms with Gasteiger partial charge >= 0.3 is 0 Å². The molecule has 1 aliphatic heterocycles. The molecule has 0 aliphatic carbocycles. The average molecular weight is 304 g/mol. The van der Waals surface area contributed by atoms with Gasteiger partial charge in [-0.15, -0.1) is 5.10 Å². The zero-order valence-corrected chi connectivity index (χ0v) is 12.4. The summed E-state index contributed by atoms with van der Waals surface area (Å²) in [4.78, 5) is 6.72. The van der Waals surface area contributed by atoms with Crippen LogP contribution in [0.2, 0.25) is 0 Å². The number of aromatic nitrogens is 3. The SMILES string of the molecule is c1coc(CNc2cnnc(NCCN3CCOCC3)n2)c1.